The third-order valence-electron chi connectivity index (χ3n) is 3.44. The lowest BCUT2D eigenvalue weighted by molar-refractivity contribution is -0.0271. The molecule has 0 saturated carbocycles. The fourth-order valence-corrected chi connectivity index (χ4v) is 2.29. The Morgan fingerprint density at radius 2 is 2.15 bits per heavy atom. The van der Waals surface area contributed by atoms with Crippen molar-refractivity contribution < 1.29 is 4.74 Å². The number of hydrogen-bond donors (Lipinski definition) is 2. The summed E-state index contributed by atoms with van der Waals surface area (Å²) in [5, 5.41) is 3.42. The Morgan fingerprint density at radius 1 is 1.40 bits per heavy atom. The van der Waals surface area contributed by atoms with Crippen LogP contribution >= 0.6 is 0 Å². The van der Waals surface area contributed by atoms with Crippen LogP contribution in [-0.4, -0.2) is 31.0 Å². The van der Waals surface area contributed by atoms with E-state index in [0.717, 1.165) is 12.1 Å². The topological polar surface area (TPSA) is 59.6 Å². The van der Waals surface area contributed by atoms with Crippen LogP contribution in [0, 0.1) is 0 Å². The number of hydrogen-bond acceptors (Lipinski definition) is 4. The summed E-state index contributed by atoms with van der Waals surface area (Å²) in [5.41, 5.74) is 7.84. The molecule has 1 heterocycles. The summed E-state index contributed by atoms with van der Waals surface area (Å²) in [4.78, 5) is 4.47. The second kappa shape index (κ2) is 7.22. The van der Waals surface area contributed by atoms with E-state index in [1.54, 1.807) is 6.20 Å². The molecule has 108 valence electrons. The number of aliphatic imine (C=N–C) groups is 1. The van der Waals surface area contributed by atoms with Gasteiger partial charge in [0.25, 0.3) is 0 Å². The normalized spacial score (nSPS) is 27.9. The third kappa shape index (κ3) is 3.92. The molecule has 2 rings (SSSR count). The van der Waals surface area contributed by atoms with Gasteiger partial charge < -0.3 is 15.8 Å². The SMILES string of the molecule is CC1CNC(C)C(C(C=NCc2ccccc2)=CN)O1. The minimum absolute atomic E-state index is 0.0386. The molecule has 0 spiro atoms. The summed E-state index contributed by atoms with van der Waals surface area (Å²) in [7, 11) is 0. The molecule has 3 N–H and O–H groups in total. The van der Waals surface area contributed by atoms with Crippen molar-refractivity contribution in [2.45, 2.75) is 38.6 Å². The van der Waals surface area contributed by atoms with Crippen molar-refractivity contribution in [2.75, 3.05) is 6.54 Å². The fraction of sp³-hybridized carbons (Fsp3) is 0.438. The van der Waals surface area contributed by atoms with Gasteiger partial charge in [-0.05, 0) is 19.4 Å². The lowest BCUT2D eigenvalue weighted by Crippen LogP contribution is -2.51. The molecule has 0 radical (unpaired) electrons. The zero-order chi connectivity index (χ0) is 14.4. The molecule has 0 amide bonds. The van der Waals surface area contributed by atoms with Crippen molar-refractivity contribution in [1.82, 2.24) is 5.32 Å². The number of benzene rings is 1. The predicted octanol–water partition coefficient (Wildman–Crippen LogP) is 1.87. The largest absolute Gasteiger partial charge is 0.404 e. The van der Waals surface area contributed by atoms with Crippen LogP contribution in [0.25, 0.3) is 0 Å². The minimum Gasteiger partial charge on any atom is -0.404 e. The van der Waals surface area contributed by atoms with Gasteiger partial charge in [-0.1, -0.05) is 30.3 Å². The first-order valence-electron chi connectivity index (χ1n) is 7.05. The summed E-state index contributed by atoms with van der Waals surface area (Å²) >= 11 is 0. The second-order valence-corrected chi connectivity index (χ2v) is 5.19. The maximum absolute atomic E-state index is 5.95. The van der Waals surface area contributed by atoms with Crippen molar-refractivity contribution in [3.63, 3.8) is 0 Å². The van der Waals surface area contributed by atoms with E-state index >= 15 is 0 Å². The number of ether oxygens (including phenoxy) is 1. The first kappa shape index (κ1) is 14.8. The fourth-order valence-electron chi connectivity index (χ4n) is 2.29. The average molecular weight is 273 g/mol. The molecular formula is C16H23N3O. The molecule has 1 fully saturated rings. The lowest BCUT2D eigenvalue weighted by Gasteiger charge is -2.34. The molecule has 1 saturated heterocycles. The standard InChI is InChI=1S/C16H23N3O/c1-12-9-19-13(2)16(20-12)15(8-17)11-18-10-14-6-4-3-5-7-14/h3-8,11-13,16,19H,9-10,17H2,1-2H3. The highest BCUT2D eigenvalue weighted by Crippen LogP contribution is 2.16. The van der Waals surface area contributed by atoms with Gasteiger partial charge in [-0.15, -0.1) is 0 Å². The molecule has 3 atom stereocenters. The highest BCUT2D eigenvalue weighted by Gasteiger charge is 2.27. The van der Waals surface area contributed by atoms with Crippen LogP contribution in [0.4, 0.5) is 0 Å². The van der Waals surface area contributed by atoms with E-state index in [0.29, 0.717) is 6.54 Å². The second-order valence-electron chi connectivity index (χ2n) is 5.19. The Morgan fingerprint density at radius 3 is 2.85 bits per heavy atom. The van der Waals surface area contributed by atoms with Gasteiger partial charge in [-0.3, -0.25) is 4.99 Å². The highest BCUT2D eigenvalue weighted by molar-refractivity contribution is 5.80. The smallest absolute Gasteiger partial charge is 0.101 e. The molecule has 0 aliphatic carbocycles. The molecule has 3 unspecified atom stereocenters. The number of rotatable bonds is 4. The molecular weight excluding hydrogens is 250 g/mol. The van der Waals surface area contributed by atoms with Crippen molar-refractivity contribution in [3.05, 3.63) is 47.7 Å². The quantitative estimate of drug-likeness (QED) is 0.823. The maximum Gasteiger partial charge on any atom is 0.101 e. The number of nitrogens with zero attached hydrogens (tertiary/aromatic N) is 1. The predicted molar refractivity (Wildman–Crippen MR) is 82.7 cm³/mol. The summed E-state index contributed by atoms with van der Waals surface area (Å²) in [6.45, 7) is 5.69. The van der Waals surface area contributed by atoms with Crippen LogP contribution in [0.3, 0.4) is 0 Å². The summed E-state index contributed by atoms with van der Waals surface area (Å²) in [6, 6.07) is 10.4. The van der Waals surface area contributed by atoms with Crippen LogP contribution < -0.4 is 11.1 Å². The van der Waals surface area contributed by atoms with Crippen LogP contribution in [0.1, 0.15) is 19.4 Å². The van der Waals surface area contributed by atoms with E-state index < -0.39 is 0 Å². The van der Waals surface area contributed by atoms with E-state index in [-0.39, 0.29) is 18.2 Å². The molecule has 1 aliphatic rings. The van der Waals surface area contributed by atoms with Crippen LogP contribution in [-0.2, 0) is 11.3 Å². The van der Waals surface area contributed by atoms with E-state index in [1.165, 1.54) is 5.56 Å². The Labute approximate surface area is 120 Å². The molecule has 4 nitrogen and oxygen atoms in total. The zero-order valence-corrected chi connectivity index (χ0v) is 12.1. The van der Waals surface area contributed by atoms with Crippen LogP contribution in [0.5, 0.6) is 0 Å². The Kier molecular flexibility index (Phi) is 5.32. The molecule has 1 aromatic rings. The van der Waals surface area contributed by atoms with Gasteiger partial charge in [-0.25, -0.2) is 0 Å². The van der Waals surface area contributed by atoms with E-state index in [2.05, 4.69) is 36.3 Å². The van der Waals surface area contributed by atoms with Gasteiger partial charge in [0.15, 0.2) is 0 Å². The first-order chi connectivity index (χ1) is 9.70. The molecule has 1 aromatic carbocycles. The summed E-state index contributed by atoms with van der Waals surface area (Å²) < 4.78 is 5.95. The number of morpholine rings is 1. The van der Waals surface area contributed by atoms with Gasteiger partial charge >= 0.3 is 0 Å². The van der Waals surface area contributed by atoms with E-state index in [4.69, 9.17) is 10.5 Å². The Balaban J connectivity index is 1.98. The minimum atomic E-state index is -0.0386. The van der Waals surface area contributed by atoms with Gasteiger partial charge in [0.1, 0.15) is 6.10 Å². The molecule has 0 bridgehead atoms. The third-order valence-corrected chi connectivity index (χ3v) is 3.44. The molecule has 4 heteroatoms. The van der Waals surface area contributed by atoms with Crippen molar-refractivity contribution in [1.29, 1.82) is 0 Å². The number of nitrogens with one attached hydrogen (secondary N) is 1. The van der Waals surface area contributed by atoms with Crippen LogP contribution in [0.15, 0.2) is 47.1 Å². The van der Waals surface area contributed by atoms with Gasteiger partial charge in [-0.2, -0.15) is 0 Å². The van der Waals surface area contributed by atoms with Gasteiger partial charge in [0.05, 0.1) is 12.6 Å². The van der Waals surface area contributed by atoms with Gasteiger partial charge in [0, 0.05) is 30.6 Å². The zero-order valence-electron chi connectivity index (χ0n) is 12.1. The Bertz CT molecular complexity index is 470. The highest BCUT2D eigenvalue weighted by atomic mass is 16.5. The lowest BCUT2D eigenvalue weighted by atomic mass is 10.0. The van der Waals surface area contributed by atoms with Gasteiger partial charge in [0.2, 0.25) is 0 Å². The van der Waals surface area contributed by atoms with Crippen molar-refractivity contribution in [3.8, 4) is 0 Å². The van der Waals surface area contributed by atoms with Crippen molar-refractivity contribution in [2.24, 2.45) is 10.7 Å². The molecule has 1 aliphatic heterocycles. The molecule has 20 heavy (non-hydrogen) atoms. The van der Waals surface area contributed by atoms with Crippen LogP contribution in [0.2, 0.25) is 0 Å². The monoisotopic (exact) mass is 273 g/mol. The van der Waals surface area contributed by atoms with Crippen molar-refractivity contribution >= 4 is 6.21 Å². The number of nitrogens with two attached hydrogens (primary N) is 1. The average Bonchev–Trinajstić information content (AvgIpc) is 2.48. The van der Waals surface area contributed by atoms with E-state index in [1.807, 2.05) is 24.4 Å². The summed E-state index contributed by atoms with van der Waals surface area (Å²) in [6.07, 6.45) is 3.57. The Hall–Kier alpha value is -1.65. The first-order valence-corrected chi connectivity index (χ1v) is 7.05. The molecule has 0 aromatic heterocycles. The maximum atomic E-state index is 5.95. The van der Waals surface area contributed by atoms with E-state index in [9.17, 15) is 0 Å². The summed E-state index contributed by atoms with van der Waals surface area (Å²) in [5.74, 6) is 0.